The van der Waals surface area contributed by atoms with Gasteiger partial charge in [-0.2, -0.15) is 5.10 Å². The third-order valence-electron chi connectivity index (χ3n) is 5.30. The number of benzene rings is 1. The number of hydrogen-bond donors (Lipinski definition) is 1. The number of thiazole rings is 1. The van der Waals surface area contributed by atoms with Gasteiger partial charge in [-0.15, -0.1) is 11.3 Å². The number of ether oxygens (including phenoxy) is 1. The number of carbonyl (C=O) groups excluding carboxylic acids is 2. The third-order valence-corrected chi connectivity index (χ3v) is 6.67. The maximum absolute atomic E-state index is 13.0. The van der Waals surface area contributed by atoms with E-state index in [0.29, 0.717) is 59.4 Å². The van der Waals surface area contributed by atoms with E-state index in [1.807, 2.05) is 11.8 Å². The number of piperidine rings is 1. The molecule has 32 heavy (non-hydrogen) atoms. The summed E-state index contributed by atoms with van der Waals surface area (Å²) in [6.07, 6.45) is 4.66. The van der Waals surface area contributed by atoms with Crippen molar-refractivity contribution in [2.24, 2.45) is 7.05 Å². The van der Waals surface area contributed by atoms with Crippen LogP contribution in [-0.4, -0.2) is 50.6 Å². The lowest BCUT2D eigenvalue weighted by Gasteiger charge is -2.32. The summed E-state index contributed by atoms with van der Waals surface area (Å²) in [5, 5.41) is 8.46. The van der Waals surface area contributed by atoms with E-state index in [0.717, 1.165) is 5.01 Å². The SMILES string of the molecule is Cc1nc(COc2ccc(Cl)cc2)sc1C(=O)N1CCC(NC(=O)c2cnn(C)c2)CC1. The van der Waals surface area contributed by atoms with Gasteiger partial charge in [0.05, 0.1) is 17.5 Å². The molecular weight excluding hydrogens is 450 g/mol. The Labute approximate surface area is 195 Å². The number of carbonyl (C=O) groups is 2. The van der Waals surface area contributed by atoms with E-state index in [9.17, 15) is 9.59 Å². The van der Waals surface area contributed by atoms with Crippen LogP contribution in [0.2, 0.25) is 5.02 Å². The highest BCUT2D eigenvalue weighted by Gasteiger charge is 2.27. The monoisotopic (exact) mass is 473 g/mol. The highest BCUT2D eigenvalue weighted by Crippen LogP contribution is 2.24. The van der Waals surface area contributed by atoms with Crippen LogP contribution in [0.3, 0.4) is 0 Å². The third kappa shape index (κ3) is 5.28. The fourth-order valence-electron chi connectivity index (χ4n) is 3.57. The van der Waals surface area contributed by atoms with Crippen LogP contribution in [0.4, 0.5) is 0 Å². The molecule has 0 spiro atoms. The Hall–Kier alpha value is -2.91. The molecule has 1 aromatic carbocycles. The topological polar surface area (TPSA) is 89.3 Å². The van der Waals surface area contributed by atoms with Crippen LogP contribution in [0, 0.1) is 6.92 Å². The number of amides is 2. The molecule has 0 radical (unpaired) electrons. The molecule has 0 unspecified atom stereocenters. The Bertz CT molecular complexity index is 1100. The molecule has 8 nitrogen and oxygen atoms in total. The van der Waals surface area contributed by atoms with E-state index in [-0.39, 0.29) is 17.9 Å². The van der Waals surface area contributed by atoms with Gasteiger partial charge in [0.25, 0.3) is 11.8 Å². The van der Waals surface area contributed by atoms with Crippen molar-refractivity contribution in [1.29, 1.82) is 0 Å². The maximum Gasteiger partial charge on any atom is 0.265 e. The average molecular weight is 474 g/mol. The molecule has 1 aliphatic heterocycles. The van der Waals surface area contributed by atoms with E-state index in [1.165, 1.54) is 11.3 Å². The summed E-state index contributed by atoms with van der Waals surface area (Å²) >= 11 is 7.25. The van der Waals surface area contributed by atoms with E-state index in [4.69, 9.17) is 16.3 Å². The molecule has 2 amide bonds. The number of rotatable bonds is 6. The zero-order valence-electron chi connectivity index (χ0n) is 17.9. The quantitative estimate of drug-likeness (QED) is 0.592. The second-order valence-corrected chi connectivity index (χ2v) is 9.23. The summed E-state index contributed by atoms with van der Waals surface area (Å²) in [5.74, 6) is 0.548. The molecule has 3 heterocycles. The van der Waals surface area contributed by atoms with Crippen LogP contribution in [0.25, 0.3) is 0 Å². The molecule has 1 N–H and O–H groups in total. The van der Waals surface area contributed by atoms with Crippen molar-refractivity contribution in [2.45, 2.75) is 32.4 Å². The first-order chi connectivity index (χ1) is 15.4. The Morgan fingerprint density at radius 3 is 2.62 bits per heavy atom. The van der Waals surface area contributed by atoms with Gasteiger partial charge in [-0.25, -0.2) is 4.98 Å². The Balaban J connectivity index is 1.30. The lowest BCUT2D eigenvalue weighted by molar-refractivity contribution is 0.0702. The van der Waals surface area contributed by atoms with Gasteiger partial charge in [0.2, 0.25) is 0 Å². The van der Waals surface area contributed by atoms with Crippen LogP contribution < -0.4 is 10.1 Å². The fraction of sp³-hybridized carbons (Fsp3) is 0.364. The number of likely N-dealkylation sites (tertiary alicyclic amines) is 1. The molecular formula is C22H24ClN5O3S. The molecule has 3 aromatic rings. The van der Waals surface area contributed by atoms with E-state index in [1.54, 1.807) is 48.4 Å². The second-order valence-electron chi connectivity index (χ2n) is 7.71. The van der Waals surface area contributed by atoms with Crippen molar-refractivity contribution in [3.05, 3.63) is 62.8 Å². The molecule has 168 valence electrons. The molecule has 10 heteroatoms. The number of halogens is 1. The number of nitrogens with one attached hydrogen (secondary N) is 1. The van der Waals surface area contributed by atoms with E-state index in [2.05, 4.69) is 15.4 Å². The van der Waals surface area contributed by atoms with Crippen molar-refractivity contribution in [1.82, 2.24) is 25.0 Å². The minimum Gasteiger partial charge on any atom is -0.486 e. The van der Waals surface area contributed by atoms with Gasteiger partial charge in [-0.3, -0.25) is 14.3 Å². The van der Waals surface area contributed by atoms with Gasteiger partial charge in [-0.1, -0.05) is 11.6 Å². The normalized spacial score (nSPS) is 14.4. The van der Waals surface area contributed by atoms with Crippen molar-refractivity contribution in [3.63, 3.8) is 0 Å². The molecule has 1 fully saturated rings. The molecule has 0 saturated carbocycles. The van der Waals surface area contributed by atoms with Crippen LogP contribution in [-0.2, 0) is 13.7 Å². The first-order valence-electron chi connectivity index (χ1n) is 10.3. The standard InChI is InChI=1S/C22H24ClN5O3S/c1-14-20(32-19(25-14)13-31-18-5-3-16(23)4-6-18)22(30)28-9-7-17(8-10-28)26-21(29)15-11-24-27(2)12-15/h3-6,11-12,17H,7-10,13H2,1-2H3,(H,26,29). The summed E-state index contributed by atoms with van der Waals surface area (Å²) in [4.78, 5) is 32.3. The Kier molecular flexibility index (Phi) is 6.76. The number of hydrogen-bond acceptors (Lipinski definition) is 6. The predicted octanol–water partition coefficient (Wildman–Crippen LogP) is 3.45. The van der Waals surface area contributed by atoms with Crippen molar-refractivity contribution in [3.8, 4) is 5.75 Å². The largest absolute Gasteiger partial charge is 0.486 e. The van der Waals surface area contributed by atoms with Crippen LogP contribution >= 0.6 is 22.9 Å². The van der Waals surface area contributed by atoms with E-state index < -0.39 is 0 Å². The van der Waals surface area contributed by atoms with Gasteiger partial charge >= 0.3 is 0 Å². The molecule has 0 bridgehead atoms. The molecule has 1 aliphatic rings. The zero-order valence-corrected chi connectivity index (χ0v) is 19.4. The fourth-order valence-corrected chi connectivity index (χ4v) is 4.64. The minimum absolute atomic E-state index is 0.0187. The maximum atomic E-state index is 13.0. The lowest BCUT2D eigenvalue weighted by atomic mass is 10.0. The Morgan fingerprint density at radius 1 is 1.25 bits per heavy atom. The van der Waals surface area contributed by atoms with Gasteiger partial charge in [0, 0.05) is 37.4 Å². The average Bonchev–Trinajstić information content (AvgIpc) is 3.39. The van der Waals surface area contributed by atoms with Gasteiger partial charge in [-0.05, 0) is 44.0 Å². The number of aryl methyl sites for hydroxylation is 2. The molecule has 0 atom stereocenters. The molecule has 4 rings (SSSR count). The number of aromatic nitrogens is 3. The Morgan fingerprint density at radius 2 is 1.97 bits per heavy atom. The molecule has 1 saturated heterocycles. The van der Waals surface area contributed by atoms with E-state index >= 15 is 0 Å². The van der Waals surface area contributed by atoms with Crippen molar-refractivity contribution in [2.75, 3.05) is 13.1 Å². The van der Waals surface area contributed by atoms with Crippen molar-refractivity contribution < 1.29 is 14.3 Å². The van der Waals surface area contributed by atoms with Gasteiger partial charge in [0.1, 0.15) is 22.2 Å². The highest BCUT2D eigenvalue weighted by molar-refractivity contribution is 7.13. The summed E-state index contributed by atoms with van der Waals surface area (Å²) < 4.78 is 7.35. The summed E-state index contributed by atoms with van der Waals surface area (Å²) in [6.45, 7) is 3.31. The number of nitrogens with zero attached hydrogens (tertiary/aromatic N) is 4. The predicted molar refractivity (Wildman–Crippen MR) is 122 cm³/mol. The molecule has 2 aromatic heterocycles. The van der Waals surface area contributed by atoms with Crippen molar-refractivity contribution >= 4 is 34.8 Å². The smallest absolute Gasteiger partial charge is 0.265 e. The summed E-state index contributed by atoms with van der Waals surface area (Å²) in [6, 6.07) is 7.17. The summed E-state index contributed by atoms with van der Waals surface area (Å²) in [5.41, 5.74) is 1.25. The van der Waals surface area contributed by atoms with Gasteiger partial charge < -0.3 is 15.0 Å². The first-order valence-corrected chi connectivity index (χ1v) is 11.5. The van der Waals surface area contributed by atoms with Gasteiger partial charge in [0.15, 0.2) is 0 Å². The van der Waals surface area contributed by atoms with Crippen LogP contribution in [0.1, 0.15) is 43.6 Å². The second kappa shape index (κ2) is 9.70. The summed E-state index contributed by atoms with van der Waals surface area (Å²) in [7, 11) is 1.78. The highest BCUT2D eigenvalue weighted by atomic mass is 35.5. The lowest BCUT2D eigenvalue weighted by Crippen LogP contribution is -2.46. The van der Waals surface area contributed by atoms with Crippen LogP contribution in [0.15, 0.2) is 36.7 Å². The van der Waals surface area contributed by atoms with Crippen LogP contribution in [0.5, 0.6) is 5.75 Å². The first kappa shape index (κ1) is 22.3. The zero-order chi connectivity index (χ0) is 22.7. The molecule has 0 aliphatic carbocycles. The minimum atomic E-state index is -0.133.